The zero-order valence-electron chi connectivity index (χ0n) is 11.7. The zero-order valence-corrected chi connectivity index (χ0v) is 12.5. The second-order valence-corrected chi connectivity index (χ2v) is 7.53. The lowest BCUT2D eigenvalue weighted by Gasteiger charge is -2.14. The summed E-state index contributed by atoms with van der Waals surface area (Å²) < 4.78 is 60.0. The maximum absolute atomic E-state index is 12.5. The fourth-order valence-corrected chi connectivity index (χ4v) is 3.39. The number of halogens is 3. The number of sulfone groups is 1. The Labute approximate surface area is 129 Å². The largest absolute Gasteiger partial charge is 0.501 e. The summed E-state index contributed by atoms with van der Waals surface area (Å²) in [6.07, 6.45) is 0.495. The molecule has 1 N–H and O–H groups in total. The predicted molar refractivity (Wildman–Crippen MR) is 72.2 cm³/mol. The Balaban J connectivity index is 1.92. The Morgan fingerprint density at radius 3 is 2.13 bits per heavy atom. The molecule has 2 atom stereocenters. The quantitative estimate of drug-likeness (QED) is 0.827. The Hall–Kier alpha value is -2.10. The molecular weight excluding hydrogens is 337 g/mol. The van der Waals surface area contributed by atoms with Gasteiger partial charge in [0, 0.05) is 0 Å². The van der Waals surface area contributed by atoms with Crippen molar-refractivity contribution >= 4 is 27.5 Å². The van der Waals surface area contributed by atoms with Gasteiger partial charge in [-0.3, -0.25) is 4.79 Å². The first-order valence-corrected chi connectivity index (χ1v) is 8.07. The molecule has 2 fully saturated rings. The lowest BCUT2D eigenvalue weighted by molar-refractivity contribution is -0.119. The van der Waals surface area contributed by atoms with Crippen molar-refractivity contribution in [1.82, 2.24) is 5.32 Å². The summed E-state index contributed by atoms with van der Waals surface area (Å²) in [5.74, 6) is -0.504. The molecule has 2 aliphatic rings. The lowest BCUT2D eigenvalue weighted by atomic mass is 10.2. The van der Waals surface area contributed by atoms with Crippen LogP contribution in [0.2, 0.25) is 0 Å². The van der Waals surface area contributed by atoms with E-state index < -0.39 is 37.7 Å². The molecule has 23 heavy (non-hydrogen) atoms. The van der Waals surface area contributed by atoms with Gasteiger partial charge in [-0.25, -0.2) is 18.1 Å². The van der Waals surface area contributed by atoms with Gasteiger partial charge in [-0.15, -0.1) is 0 Å². The summed E-state index contributed by atoms with van der Waals surface area (Å²) in [6, 6.07) is 2.77. The normalized spacial score (nSPS) is 27.5. The van der Waals surface area contributed by atoms with Crippen LogP contribution in [0, 0.1) is 5.92 Å². The summed E-state index contributed by atoms with van der Waals surface area (Å²) in [5, 5.41) is 2.56. The summed E-state index contributed by atoms with van der Waals surface area (Å²) in [5.41, 5.74) is -6.33. The van der Waals surface area contributed by atoms with Gasteiger partial charge < -0.3 is 5.32 Å². The van der Waals surface area contributed by atoms with E-state index in [4.69, 9.17) is 0 Å². The molecule has 10 heteroatoms. The van der Waals surface area contributed by atoms with Gasteiger partial charge >= 0.3 is 11.5 Å². The van der Waals surface area contributed by atoms with E-state index in [1.165, 1.54) is 0 Å². The fourth-order valence-electron chi connectivity index (χ4n) is 2.63. The van der Waals surface area contributed by atoms with Gasteiger partial charge in [0.2, 0.25) is 0 Å². The molecule has 2 unspecified atom stereocenters. The first kappa shape index (κ1) is 15.8. The molecule has 0 radical (unpaired) electrons. The van der Waals surface area contributed by atoms with Crippen LogP contribution in [-0.4, -0.2) is 31.4 Å². The fraction of sp³-hybridized carbons (Fsp3) is 0.385. The SMILES string of the molecule is CC1CC12NC(=O)N(c1ccc(S(=O)(=O)C(F)(F)F)cc1)C2=O. The third-order valence-corrected chi connectivity index (χ3v) is 5.64. The van der Waals surface area contributed by atoms with Gasteiger partial charge in [0.1, 0.15) is 5.54 Å². The molecule has 1 aliphatic carbocycles. The number of hydrogen-bond acceptors (Lipinski definition) is 4. The number of nitrogens with zero attached hydrogens (tertiary/aromatic N) is 1. The van der Waals surface area contributed by atoms with Crippen molar-refractivity contribution in [1.29, 1.82) is 0 Å². The number of carbonyl (C=O) groups excluding carboxylic acids is 2. The molecule has 1 aromatic rings. The average Bonchev–Trinajstić information content (AvgIpc) is 3.01. The first-order chi connectivity index (χ1) is 10.5. The Bertz CT molecular complexity index is 804. The van der Waals surface area contributed by atoms with Crippen LogP contribution in [0.25, 0.3) is 0 Å². The van der Waals surface area contributed by atoms with E-state index in [9.17, 15) is 31.2 Å². The minimum Gasteiger partial charge on any atom is -0.322 e. The molecule has 0 aromatic heterocycles. The smallest absolute Gasteiger partial charge is 0.322 e. The van der Waals surface area contributed by atoms with Crippen LogP contribution < -0.4 is 10.2 Å². The number of alkyl halides is 3. The average molecular weight is 348 g/mol. The van der Waals surface area contributed by atoms with E-state index in [2.05, 4.69) is 5.32 Å². The van der Waals surface area contributed by atoms with Crippen LogP contribution in [0.3, 0.4) is 0 Å². The molecule has 1 saturated carbocycles. The zero-order chi connectivity index (χ0) is 17.2. The molecule has 1 heterocycles. The van der Waals surface area contributed by atoms with E-state index >= 15 is 0 Å². The van der Waals surface area contributed by atoms with Crippen LogP contribution in [0.4, 0.5) is 23.7 Å². The van der Waals surface area contributed by atoms with Crippen LogP contribution in [0.5, 0.6) is 0 Å². The lowest BCUT2D eigenvalue weighted by Crippen LogP contribution is -2.34. The molecule has 1 aliphatic heterocycles. The third kappa shape index (κ3) is 2.12. The maximum atomic E-state index is 12.5. The Morgan fingerprint density at radius 2 is 1.74 bits per heavy atom. The highest BCUT2D eigenvalue weighted by Gasteiger charge is 2.65. The highest BCUT2D eigenvalue weighted by atomic mass is 32.2. The number of amides is 3. The van der Waals surface area contributed by atoms with E-state index in [1.807, 2.05) is 0 Å². The van der Waals surface area contributed by atoms with Crippen molar-refractivity contribution < 1.29 is 31.2 Å². The number of hydrogen-bond donors (Lipinski definition) is 1. The van der Waals surface area contributed by atoms with Crippen LogP contribution in [-0.2, 0) is 14.6 Å². The Morgan fingerprint density at radius 1 is 1.22 bits per heavy atom. The molecule has 1 aromatic carbocycles. The number of nitrogens with one attached hydrogen (secondary N) is 1. The van der Waals surface area contributed by atoms with Crippen LogP contribution in [0.1, 0.15) is 13.3 Å². The molecule has 124 valence electrons. The van der Waals surface area contributed by atoms with Gasteiger partial charge in [-0.2, -0.15) is 13.2 Å². The minimum absolute atomic E-state index is 0.0181. The number of benzene rings is 1. The highest BCUT2D eigenvalue weighted by Crippen LogP contribution is 2.48. The molecule has 6 nitrogen and oxygen atoms in total. The van der Waals surface area contributed by atoms with Crippen molar-refractivity contribution in [3.63, 3.8) is 0 Å². The number of anilines is 1. The van der Waals surface area contributed by atoms with E-state index in [0.29, 0.717) is 6.42 Å². The molecule has 0 bridgehead atoms. The third-order valence-electron chi connectivity index (χ3n) is 4.14. The van der Waals surface area contributed by atoms with Gasteiger partial charge in [0.05, 0.1) is 10.6 Å². The molecular formula is C13H11F3N2O4S. The van der Waals surface area contributed by atoms with Crippen molar-refractivity contribution in [2.45, 2.75) is 29.3 Å². The van der Waals surface area contributed by atoms with Crippen molar-refractivity contribution in [3.8, 4) is 0 Å². The van der Waals surface area contributed by atoms with Crippen molar-refractivity contribution in [2.75, 3.05) is 4.90 Å². The molecule has 3 amide bonds. The summed E-state index contributed by atoms with van der Waals surface area (Å²) in [7, 11) is -5.47. The van der Waals surface area contributed by atoms with Gasteiger partial charge in [0.15, 0.2) is 0 Å². The first-order valence-electron chi connectivity index (χ1n) is 6.59. The van der Waals surface area contributed by atoms with Crippen LogP contribution >= 0.6 is 0 Å². The monoisotopic (exact) mass is 348 g/mol. The van der Waals surface area contributed by atoms with Gasteiger partial charge in [0.25, 0.3) is 15.7 Å². The summed E-state index contributed by atoms with van der Waals surface area (Å²) in [6.45, 7) is 1.79. The number of imide groups is 1. The second kappa shape index (κ2) is 4.47. The summed E-state index contributed by atoms with van der Waals surface area (Å²) in [4.78, 5) is 24.1. The standard InChI is InChI=1S/C13H11F3N2O4S/c1-7-6-12(7)10(19)18(11(20)17-12)8-2-4-9(5-3-8)23(21,22)13(14,15)16/h2-5,7H,6H2,1H3,(H,17,20). The van der Waals surface area contributed by atoms with Gasteiger partial charge in [-0.1, -0.05) is 6.92 Å². The number of carbonyl (C=O) groups is 2. The van der Waals surface area contributed by atoms with Crippen molar-refractivity contribution in [2.24, 2.45) is 5.92 Å². The molecule has 3 rings (SSSR count). The summed E-state index contributed by atoms with van der Waals surface area (Å²) >= 11 is 0. The predicted octanol–water partition coefficient (Wildman–Crippen LogP) is 1.81. The van der Waals surface area contributed by atoms with Crippen LogP contribution in [0.15, 0.2) is 29.2 Å². The van der Waals surface area contributed by atoms with E-state index in [-0.39, 0.29) is 11.6 Å². The Kier molecular flexibility index (Phi) is 3.06. The van der Waals surface area contributed by atoms with E-state index in [0.717, 1.165) is 29.2 Å². The molecule has 1 spiro atoms. The van der Waals surface area contributed by atoms with E-state index in [1.54, 1.807) is 6.92 Å². The maximum Gasteiger partial charge on any atom is 0.501 e. The second-order valence-electron chi connectivity index (χ2n) is 5.59. The topological polar surface area (TPSA) is 83.6 Å². The van der Waals surface area contributed by atoms with Crippen molar-refractivity contribution in [3.05, 3.63) is 24.3 Å². The number of urea groups is 1. The number of rotatable bonds is 2. The highest BCUT2D eigenvalue weighted by molar-refractivity contribution is 7.92. The molecule has 1 saturated heterocycles. The van der Waals surface area contributed by atoms with Gasteiger partial charge in [-0.05, 0) is 36.6 Å². The minimum atomic E-state index is -5.47.